The van der Waals surface area contributed by atoms with Crippen LogP contribution in [0.5, 0.6) is 0 Å². The molecule has 2 fully saturated rings. The molecule has 0 amide bonds. The first-order valence-corrected chi connectivity index (χ1v) is 5.69. The van der Waals surface area contributed by atoms with Crippen LogP contribution in [-0.2, 0) is 4.74 Å². The van der Waals surface area contributed by atoms with E-state index in [1.807, 2.05) is 0 Å². The normalized spacial score (nSPS) is 32.5. The molecule has 0 aromatic rings. The highest BCUT2D eigenvalue weighted by Crippen LogP contribution is 2.34. The van der Waals surface area contributed by atoms with E-state index in [4.69, 9.17) is 10.5 Å². The zero-order chi connectivity index (χ0) is 9.15. The second-order valence-electron chi connectivity index (χ2n) is 4.74. The largest absolute Gasteiger partial charge is 0.378 e. The van der Waals surface area contributed by atoms with Crippen molar-refractivity contribution in [2.75, 3.05) is 6.61 Å². The van der Waals surface area contributed by atoms with Gasteiger partial charge in [-0.2, -0.15) is 0 Å². The molecule has 0 aromatic heterocycles. The molecule has 1 heterocycles. The third-order valence-electron chi connectivity index (χ3n) is 3.59. The third-order valence-corrected chi connectivity index (χ3v) is 3.59. The first-order valence-electron chi connectivity index (χ1n) is 5.69. The van der Waals surface area contributed by atoms with Crippen molar-refractivity contribution in [3.05, 3.63) is 0 Å². The standard InChI is InChI=1S/C11H21NO/c12-11(6-3-7-11)8-5-10-4-1-2-9-13-10/h10H,1-9,12H2. The SMILES string of the molecule is NC1(CCC2CCCCO2)CCC1. The quantitative estimate of drug-likeness (QED) is 0.728. The van der Waals surface area contributed by atoms with Crippen LogP contribution in [0.4, 0.5) is 0 Å². The molecule has 1 saturated carbocycles. The Labute approximate surface area is 80.8 Å². The number of ether oxygens (including phenoxy) is 1. The summed E-state index contributed by atoms with van der Waals surface area (Å²) in [7, 11) is 0. The first kappa shape index (κ1) is 9.47. The van der Waals surface area contributed by atoms with Crippen molar-refractivity contribution in [2.45, 2.75) is 63.0 Å². The molecule has 1 aliphatic carbocycles. The molecule has 2 N–H and O–H groups in total. The first-order chi connectivity index (χ1) is 6.29. The second-order valence-corrected chi connectivity index (χ2v) is 4.74. The lowest BCUT2D eigenvalue weighted by Crippen LogP contribution is -2.47. The molecule has 1 atom stereocenters. The fraction of sp³-hybridized carbons (Fsp3) is 1.00. The van der Waals surface area contributed by atoms with Crippen molar-refractivity contribution in [2.24, 2.45) is 5.73 Å². The van der Waals surface area contributed by atoms with Crippen molar-refractivity contribution in [3.8, 4) is 0 Å². The van der Waals surface area contributed by atoms with E-state index in [-0.39, 0.29) is 5.54 Å². The summed E-state index contributed by atoms with van der Waals surface area (Å²) in [5, 5.41) is 0. The summed E-state index contributed by atoms with van der Waals surface area (Å²) in [5.74, 6) is 0. The Morgan fingerprint density at radius 3 is 2.62 bits per heavy atom. The predicted octanol–water partition coefficient (Wildman–Crippen LogP) is 2.22. The Morgan fingerprint density at radius 2 is 2.08 bits per heavy atom. The number of nitrogens with two attached hydrogens (primary N) is 1. The van der Waals surface area contributed by atoms with Crippen LogP contribution >= 0.6 is 0 Å². The molecule has 2 rings (SSSR count). The molecule has 2 aliphatic rings. The molecule has 0 spiro atoms. The summed E-state index contributed by atoms with van der Waals surface area (Å²) in [6.07, 6.45) is 10.6. The van der Waals surface area contributed by atoms with E-state index in [0.717, 1.165) is 6.61 Å². The second kappa shape index (κ2) is 3.97. The molecule has 1 saturated heterocycles. The van der Waals surface area contributed by atoms with Gasteiger partial charge in [-0.05, 0) is 51.4 Å². The fourth-order valence-corrected chi connectivity index (χ4v) is 2.36. The third kappa shape index (κ3) is 2.44. The molecule has 1 unspecified atom stereocenters. The molecule has 0 radical (unpaired) electrons. The van der Waals surface area contributed by atoms with Crippen LogP contribution in [0.15, 0.2) is 0 Å². The van der Waals surface area contributed by atoms with Gasteiger partial charge in [-0.3, -0.25) is 0 Å². The molecule has 2 heteroatoms. The number of hydrogen-bond acceptors (Lipinski definition) is 2. The van der Waals surface area contributed by atoms with Gasteiger partial charge in [0.1, 0.15) is 0 Å². The fourth-order valence-electron chi connectivity index (χ4n) is 2.36. The zero-order valence-corrected chi connectivity index (χ0v) is 8.43. The van der Waals surface area contributed by atoms with Gasteiger partial charge in [0.2, 0.25) is 0 Å². The summed E-state index contributed by atoms with van der Waals surface area (Å²) in [5.41, 5.74) is 6.36. The summed E-state index contributed by atoms with van der Waals surface area (Å²) < 4.78 is 5.69. The van der Waals surface area contributed by atoms with Gasteiger partial charge in [-0.1, -0.05) is 0 Å². The van der Waals surface area contributed by atoms with Crippen molar-refractivity contribution >= 4 is 0 Å². The molecule has 13 heavy (non-hydrogen) atoms. The molecular weight excluding hydrogens is 162 g/mol. The van der Waals surface area contributed by atoms with Crippen LogP contribution in [0.25, 0.3) is 0 Å². The van der Waals surface area contributed by atoms with Gasteiger partial charge in [0.05, 0.1) is 6.10 Å². The van der Waals surface area contributed by atoms with Gasteiger partial charge in [-0.15, -0.1) is 0 Å². The van der Waals surface area contributed by atoms with Gasteiger partial charge in [0.15, 0.2) is 0 Å². The average molecular weight is 183 g/mol. The van der Waals surface area contributed by atoms with Crippen molar-refractivity contribution in [3.63, 3.8) is 0 Å². The molecule has 2 nitrogen and oxygen atoms in total. The smallest absolute Gasteiger partial charge is 0.0575 e. The average Bonchev–Trinajstić information content (AvgIpc) is 2.13. The van der Waals surface area contributed by atoms with E-state index in [2.05, 4.69) is 0 Å². The van der Waals surface area contributed by atoms with E-state index >= 15 is 0 Å². The molecule has 1 aliphatic heterocycles. The van der Waals surface area contributed by atoms with Gasteiger partial charge < -0.3 is 10.5 Å². The Morgan fingerprint density at radius 1 is 1.23 bits per heavy atom. The van der Waals surface area contributed by atoms with Crippen LogP contribution in [0, 0.1) is 0 Å². The highest BCUT2D eigenvalue weighted by molar-refractivity contribution is 4.92. The van der Waals surface area contributed by atoms with Gasteiger partial charge in [0.25, 0.3) is 0 Å². The molecule has 0 bridgehead atoms. The van der Waals surface area contributed by atoms with Crippen LogP contribution in [0.3, 0.4) is 0 Å². The van der Waals surface area contributed by atoms with E-state index in [1.165, 1.54) is 51.4 Å². The Balaban J connectivity index is 1.66. The lowest BCUT2D eigenvalue weighted by molar-refractivity contribution is 0.00350. The number of rotatable bonds is 3. The summed E-state index contributed by atoms with van der Waals surface area (Å²) >= 11 is 0. The Bertz CT molecular complexity index is 159. The van der Waals surface area contributed by atoms with E-state index in [0.29, 0.717) is 6.10 Å². The van der Waals surface area contributed by atoms with Crippen LogP contribution in [0.2, 0.25) is 0 Å². The highest BCUT2D eigenvalue weighted by atomic mass is 16.5. The number of hydrogen-bond donors (Lipinski definition) is 1. The maximum atomic E-state index is 6.16. The lowest BCUT2D eigenvalue weighted by Gasteiger charge is -2.39. The Hall–Kier alpha value is -0.0800. The van der Waals surface area contributed by atoms with Crippen LogP contribution in [-0.4, -0.2) is 18.2 Å². The van der Waals surface area contributed by atoms with Crippen molar-refractivity contribution < 1.29 is 4.74 Å². The highest BCUT2D eigenvalue weighted by Gasteiger charge is 2.32. The maximum absolute atomic E-state index is 6.16. The van der Waals surface area contributed by atoms with Gasteiger partial charge >= 0.3 is 0 Å². The minimum atomic E-state index is 0.195. The van der Waals surface area contributed by atoms with Gasteiger partial charge in [0, 0.05) is 12.1 Å². The monoisotopic (exact) mass is 183 g/mol. The zero-order valence-electron chi connectivity index (χ0n) is 8.43. The van der Waals surface area contributed by atoms with E-state index < -0.39 is 0 Å². The maximum Gasteiger partial charge on any atom is 0.0575 e. The van der Waals surface area contributed by atoms with E-state index in [1.54, 1.807) is 0 Å². The van der Waals surface area contributed by atoms with Gasteiger partial charge in [-0.25, -0.2) is 0 Å². The predicted molar refractivity (Wildman–Crippen MR) is 53.6 cm³/mol. The topological polar surface area (TPSA) is 35.2 Å². The van der Waals surface area contributed by atoms with E-state index in [9.17, 15) is 0 Å². The van der Waals surface area contributed by atoms with Crippen molar-refractivity contribution in [1.29, 1.82) is 0 Å². The lowest BCUT2D eigenvalue weighted by atomic mass is 9.74. The Kier molecular flexibility index (Phi) is 2.89. The molecular formula is C11H21NO. The van der Waals surface area contributed by atoms with Crippen molar-refractivity contribution in [1.82, 2.24) is 0 Å². The minimum Gasteiger partial charge on any atom is -0.378 e. The summed E-state index contributed by atoms with van der Waals surface area (Å²) in [6, 6.07) is 0. The molecule has 0 aromatic carbocycles. The van der Waals surface area contributed by atoms with Crippen LogP contribution in [0.1, 0.15) is 51.4 Å². The summed E-state index contributed by atoms with van der Waals surface area (Å²) in [6.45, 7) is 0.974. The van der Waals surface area contributed by atoms with Crippen LogP contribution < -0.4 is 5.73 Å². The molecule has 76 valence electrons. The minimum absolute atomic E-state index is 0.195. The summed E-state index contributed by atoms with van der Waals surface area (Å²) in [4.78, 5) is 0.